The van der Waals surface area contributed by atoms with Crippen molar-refractivity contribution in [2.24, 2.45) is 0 Å². The van der Waals surface area contributed by atoms with Crippen molar-refractivity contribution >= 4 is 6.29 Å². The van der Waals surface area contributed by atoms with Gasteiger partial charge < -0.3 is 9.69 Å². The Morgan fingerprint density at radius 3 is 2.30 bits per heavy atom. The van der Waals surface area contributed by atoms with Gasteiger partial charge in [-0.1, -0.05) is 17.8 Å². The van der Waals surface area contributed by atoms with E-state index >= 15 is 0 Å². The molecule has 0 aliphatic heterocycles. The second kappa shape index (κ2) is 6.92. The number of nitrogens with zero attached hydrogens (tertiary/aromatic N) is 2. The van der Waals surface area contributed by atoms with Crippen molar-refractivity contribution in [3.8, 4) is 6.07 Å². The summed E-state index contributed by atoms with van der Waals surface area (Å²) in [6.07, 6.45) is 2.90. The first kappa shape index (κ1) is 12.5. The van der Waals surface area contributed by atoms with Gasteiger partial charge in [0.05, 0.1) is 6.29 Å². The molecular formula is C6H7N2OY-. The van der Waals surface area contributed by atoms with Gasteiger partial charge in [0.25, 0.3) is 0 Å². The van der Waals surface area contributed by atoms with E-state index in [2.05, 4.69) is 0 Å². The summed E-state index contributed by atoms with van der Waals surface area (Å²) in [4.78, 5) is 11.4. The van der Waals surface area contributed by atoms with Gasteiger partial charge in [-0.05, 0) is 14.1 Å². The van der Waals surface area contributed by atoms with Crippen LogP contribution in [-0.4, -0.2) is 25.3 Å². The van der Waals surface area contributed by atoms with Crippen LogP contribution in [0.15, 0.2) is 11.8 Å². The fourth-order valence-electron chi connectivity index (χ4n) is 0.336. The molecule has 0 aliphatic rings. The standard InChI is InChI=1S/C6H7N2O.Y/c1-8(2)4-6(3-7)5-9;/h4H,1-2H3;/q-1;/b6-4+;. The van der Waals surface area contributed by atoms with Crippen LogP contribution in [0.1, 0.15) is 0 Å². The van der Waals surface area contributed by atoms with Crippen molar-refractivity contribution in [1.29, 1.82) is 5.26 Å². The quantitative estimate of drug-likeness (QED) is 0.369. The van der Waals surface area contributed by atoms with Crippen LogP contribution in [0, 0.1) is 11.3 Å². The van der Waals surface area contributed by atoms with Gasteiger partial charge in [0.2, 0.25) is 0 Å². The van der Waals surface area contributed by atoms with Gasteiger partial charge in [-0.15, -0.1) is 0 Å². The molecule has 0 bridgehead atoms. The van der Waals surface area contributed by atoms with Crippen molar-refractivity contribution in [2.45, 2.75) is 0 Å². The molecule has 0 aromatic rings. The van der Waals surface area contributed by atoms with E-state index in [4.69, 9.17) is 5.26 Å². The van der Waals surface area contributed by atoms with Gasteiger partial charge in [0.1, 0.15) is 0 Å². The van der Waals surface area contributed by atoms with Crippen molar-refractivity contribution in [3.05, 3.63) is 11.8 Å². The van der Waals surface area contributed by atoms with Crippen molar-refractivity contribution in [2.75, 3.05) is 14.1 Å². The van der Waals surface area contributed by atoms with Crippen LogP contribution in [0.25, 0.3) is 0 Å². The van der Waals surface area contributed by atoms with Crippen LogP contribution in [0.5, 0.6) is 0 Å². The molecule has 4 heteroatoms. The Morgan fingerprint density at radius 1 is 1.70 bits per heavy atom. The average molecular weight is 212 g/mol. The average Bonchev–Trinajstić information content (AvgIpc) is 1.82. The Hall–Kier alpha value is -0.196. The van der Waals surface area contributed by atoms with E-state index in [1.54, 1.807) is 25.1 Å². The molecule has 0 aliphatic carbocycles. The molecule has 0 atom stereocenters. The van der Waals surface area contributed by atoms with Crippen LogP contribution in [0.4, 0.5) is 0 Å². The predicted octanol–water partition coefficient (Wildman–Crippen LogP) is 0.0627. The first-order valence-electron chi connectivity index (χ1n) is 2.37. The van der Waals surface area contributed by atoms with Gasteiger partial charge in [0.15, 0.2) is 0 Å². The Labute approximate surface area is 85.6 Å². The summed E-state index contributed by atoms with van der Waals surface area (Å²) in [6.45, 7) is 0. The Morgan fingerprint density at radius 2 is 2.20 bits per heavy atom. The van der Waals surface area contributed by atoms with E-state index in [1.165, 1.54) is 12.5 Å². The molecule has 51 valence electrons. The smallest absolute Gasteiger partial charge is 0.0734 e. The molecule has 0 rings (SSSR count). The van der Waals surface area contributed by atoms with Gasteiger partial charge in [-0.25, -0.2) is 0 Å². The zero-order chi connectivity index (χ0) is 7.28. The molecule has 10 heavy (non-hydrogen) atoms. The van der Waals surface area contributed by atoms with E-state index in [-0.39, 0.29) is 38.3 Å². The molecule has 3 nitrogen and oxygen atoms in total. The van der Waals surface area contributed by atoms with Crippen LogP contribution in [0.3, 0.4) is 0 Å². The maximum Gasteiger partial charge on any atom is 0.0734 e. The Kier molecular flexibility index (Phi) is 8.63. The Balaban J connectivity index is 0. The fraction of sp³-hybridized carbons (Fsp3) is 0.333. The van der Waals surface area contributed by atoms with Gasteiger partial charge in [-0.3, -0.25) is 5.26 Å². The van der Waals surface area contributed by atoms with Crippen LogP contribution >= 0.6 is 0 Å². The maximum atomic E-state index is 9.83. The van der Waals surface area contributed by atoms with Crippen LogP contribution in [0.2, 0.25) is 0 Å². The predicted molar refractivity (Wildman–Crippen MR) is 33.1 cm³/mol. The molecule has 0 aromatic heterocycles. The number of nitriles is 1. The first-order chi connectivity index (χ1) is 4.20. The van der Waals surface area contributed by atoms with Gasteiger partial charge in [-0.2, -0.15) is 0 Å². The summed E-state index contributed by atoms with van der Waals surface area (Å²) in [5.41, 5.74) is 0.0139. The molecule has 0 saturated carbocycles. The molecule has 0 aromatic carbocycles. The molecule has 0 heterocycles. The Bertz CT molecular complexity index is 169. The summed E-state index contributed by atoms with van der Waals surface area (Å²) < 4.78 is 0. The topological polar surface area (TPSA) is 44.1 Å². The van der Waals surface area contributed by atoms with Crippen molar-refractivity contribution in [3.63, 3.8) is 0 Å². The molecule has 0 fully saturated rings. The normalized spacial score (nSPS) is 9.10. The summed E-state index contributed by atoms with van der Waals surface area (Å²) in [6, 6.07) is 1.68. The number of carbonyl (C=O) groups excluding carboxylic acids is 1. The van der Waals surface area contributed by atoms with Crippen LogP contribution in [-0.2, 0) is 37.5 Å². The number of rotatable bonds is 2. The monoisotopic (exact) mass is 212 g/mol. The van der Waals surface area contributed by atoms with E-state index in [1.807, 2.05) is 0 Å². The largest absolute Gasteiger partial charge is 0.434 e. The number of allylic oxidation sites excluding steroid dienone is 1. The molecular weight excluding hydrogens is 205 g/mol. The maximum absolute atomic E-state index is 9.83. The third-order valence-corrected chi connectivity index (χ3v) is 0.618. The third-order valence-electron chi connectivity index (χ3n) is 0.618. The van der Waals surface area contributed by atoms with E-state index in [0.29, 0.717) is 0 Å². The van der Waals surface area contributed by atoms with Crippen molar-refractivity contribution in [1.82, 2.24) is 4.90 Å². The van der Waals surface area contributed by atoms with E-state index < -0.39 is 0 Å². The van der Waals surface area contributed by atoms with Crippen LogP contribution < -0.4 is 0 Å². The first-order valence-corrected chi connectivity index (χ1v) is 2.37. The minimum atomic E-state index is 0. The summed E-state index contributed by atoms with van der Waals surface area (Å²) in [7, 11) is 3.46. The van der Waals surface area contributed by atoms with Gasteiger partial charge in [0, 0.05) is 32.7 Å². The molecule has 0 spiro atoms. The number of hydrogen-bond donors (Lipinski definition) is 0. The zero-order valence-corrected chi connectivity index (χ0v) is 8.80. The van der Waals surface area contributed by atoms with Gasteiger partial charge >= 0.3 is 0 Å². The summed E-state index contributed by atoms with van der Waals surface area (Å²) in [5, 5.41) is 8.17. The fourth-order valence-corrected chi connectivity index (χ4v) is 0.336. The minimum absolute atomic E-state index is 0. The molecule has 0 unspecified atom stereocenters. The molecule has 0 saturated heterocycles. The second-order valence-electron chi connectivity index (χ2n) is 1.72. The number of hydrogen-bond acceptors (Lipinski definition) is 3. The summed E-state index contributed by atoms with van der Waals surface area (Å²) in [5.74, 6) is 0. The van der Waals surface area contributed by atoms with E-state index in [0.717, 1.165) is 0 Å². The second-order valence-corrected chi connectivity index (χ2v) is 1.72. The summed E-state index contributed by atoms with van der Waals surface area (Å²) >= 11 is 0. The zero-order valence-electron chi connectivity index (χ0n) is 5.96. The third kappa shape index (κ3) is 5.93. The van der Waals surface area contributed by atoms with E-state index in [9.17, 15) is 4.79 Å². The minimum Gasteiger partial charge on any atom is -0.434 e. The SMILES string of the molecule is CN(C)/C=C(\C#N)[C-]=O.[Y]. The molecule has 0 amide bonds. The molecule has 1 radical (unpaired) electrons. The molecule has 0 N–H and O–H groups in total. The van der Waals surface area contributed by atoms with Crippen molar-refractivity contribution < 1.29 is 37.5 Å².